The molecule has 0 aliphatic heterocycles. The quantitative estimate of drug-likeness (QED) is 0.513. The lowest BCUT2D eigenvalue weighted by atomic mass is 10.1. The fourth-order valence-electron chi connectivity index (χ4n) is 2.10. The number of benzene rings is 1. The number of ether oxygens (including phenoxy) is 2. The normalized spacial score (nSPS) is 11.5. The average Bonchev–Trinajstić information content (AvgIpc) is 3.02. The molecule has 8 nitrogen and oxygen atoms in total. The predicted octanol–water partition coefficient (Wildman–Crippen LogP) is 3.60. The SMILES string of the molecule is CCOP(=O)(COC(=O)c1cc2cc(C(=O)OC)ccc2o1)OCC. The van der Waals surface area contributed by atoms with Crippen molar-refractivity contribution in [2.75, 3.05) is 26.7 Å². The van der Waals surface area contributed by atoms with E-state index in [2.05, 4.69) is 4.74 Å². The van der Waals surface area contributed by atoms with Gasteiger partial charge in [-0.3, -0.25) is 4.57 Å². The fraction of sp³-hybridized carbons (Fsp3) is 0.375. The number of rotatable bonds is 8. The molecule has 0 spiro atoms. The van der Waals surface area contributed by atoms with Gasteiger partial charge >= 0.3 is 19.5 Å². The standard InChI is InChI=1S/C16H19O8P/c1-4-22-25(19,23-5-2)10-21-16(18)14-9-12-8-11(15(17)20-3)6-7-13(12)24-14/h6-9H,4-5,10H2,1-3H3. The molecule has 1 aromatic heterocycles. The highest BCUT2D eigenvalue weighted by atomic mass is 31.2. The number of furan rings is 1. The maximum Gasteiger partial charge on any atom is 0.374 e. The van der Waals surface area contributed by atoms with Gasteiger partial charge in [-0.15, -0.1) is 0 Å². The summed E-state index contributed by atoms with van der Waals surface area (Å²) >= 11 is 0. The van der Waals surface area contributed by atoms with E-state index in [1.54, 1.807) is 19.9 Å². The van der Waals surface area contributed by atoms with Gasteiger partial charge in [-0.25, -0.2) is 9.59 Å². The van der Waals surface area contributed by atoms with Crippen LogP contribution in [0.15, 0.2) is 28.7 Å². The van der Waals surface area contributed by atoms with Gasteiger partial charge in [-0.05, 0) is 38.1 Å². The van der Waals surface area contributed by atoms with Crippen molar-refractivity contribution in [2.45, 2.75) is 13.8 Å². The molecule has 0 fully saturated rings. The summed E-state index contributed by atoms with van der Waals surface area (Å²) in [6, 6.07) is 6.03. The average molecular weight is 370 g/mol. The topological polar surface area (TPSA) is 101 Å². The van der Waals surface area contributed by atoms with Crippen molar-refractivity contribution in [3.8, 4) is 0 Å². The van der Waals surface area contributed by atoms with Gasteiger partial charge in [0.15, 0.2) is 6.35 Å². The summed E-state index contributed by atoms with van der Waals surface area (Å²) in [5.74, 6) is -1.39. The monoisotopic (exact) mass is 370 g/mol. The molecule has 2 aromatic rings. The Balaban J connectivity index is 2.14. The van der Waals surface area contributed by atoms with Crippen molar-refractivity contribution in [1.29, 1.82) is 0 Å². The molecular formula is C16H19O8P. The van der Waals surface area contributed by atoms with Gasteiger partial charge in [0.25, 0.3) is 0 Å². The van der Waals surface area contributed by atoms with Crippen LogP contribution in [0.5, 0.6) is 0 Å². The van der Waals surface area contributed by atoms with Crippen molar-refractivity contribution in [1.82, 2.24) is 0 Å². The fourth-order valence-corrected chi connectivity index (χ4v) is 3.39. The number of hydrogen-bond donors (Lipinski definition) is 0. The third kappa shape index (κ3) is 4.69. The Morgan fingerprint density at radius 2 is 1.76 bits per heavy atom. The van der Waals surface area contributed by atoms with Gasteiger partial charge in [0.2, 0.25) is 5.76 Å². The molecular weight excluding hydrogens is 351 g/mol. The first-order valence-electron chi connectivity index (χ1n) is 7.59. The lowest BCUT2D eigenvalue weighted by molar-refractivity contribution is 0.0499. The van der Waals surface area contributed by atoms with E-state index in [4.69, 9.17) is 18.2 Å². The van der Waals surface area contributed by atoms with Crippen molar-refractivity contribution in [3.05, 3.63) is 35.6 Å². The third-order valence-electron chi connectivity index (χ3n) is 3.14. The summed E-state index contributed by atoms with van der Waals surface area (Å²) in [6.45, 7) is 3.64. The van der Waals surface area contributed by atoms with E-state index in [1.807, 2.05) is 0 Å². The minimum absolute atomic E-state index is 0.0865. The van der Waals surface area contributed by atoms with E-state index in [1.165, 1.54) is 25.3 Å². The van der Waals surface area contributed by atoms with E-state index in [0.29, 0.717) is 16.5 Å². The maximum atomic E-state index is 12.3. The van der Waals surface area contributed by atoms with Crippen molar-refractivity contribution < 1.29 is 37.1 Å². The zero-order valence-corrected chi connectivity index (χ0v) is 15.0. The van der Waals surface area contributed by atoms with Gasteiger partial charge < -0.3 is 22.9 Å². The first-order valence-corrected chi connectivity index (χ1v) is 9.32. The second-order valence-corrected chi connectivity index (χ2v) is 6.86. The summed E-state index contributed by atoms with van der Waals surface area (Å²) in [6.07, 6.45) is -0.516. The second-order valence-electron chi connectivity index (χ2n) is 4.86. The summed E-state index contributed by atoms with van der Waals surface area (Å²) < 4.78 is 37.4. The minimum Gasteiger partial charge on any atom is -0.465 e. The van der Waals surface area contributed by atoms with Crippen LogP contribution in [0.25, 0.3) is 11.0 Å². The predicted molar refractivity (Wildman–Crippen MR) is 88.7 cm³/mol. The van der Waals surface area contributed by atoms with Gasteiger partial charge in [-0.1, -0.05) is 0 Å². The first-order chi connectivity index (χ1) is 11.9. The summed E-state index contributed by atoms with van der Waals surface area (Å²) in [5.41, 5.74) is 0.727. The molecule has 0 saturated carbocycles. The summed E-state index contributed by atoms with van der Waals surface area (Å²) in [7, 11) is -2.22. The molecule has 0 atom stereocenters. The molecule has 25 heavy (non-hydrogen) atoms. The Morgan fingerprint density at radius 3 is 2.36 bits per heavy atom. The molecule has 0 aliphatic carbocycles. The molecule has 0 saturated heterocycles. The van der Waals surface area contributed by atoms with Crippen molar-refractivity contribution >= 4 is 30.5 Å². The van der Waals surface area contributed by atoms with Crippen LogP contribution < -0.4 is 0 Å². The number of carbonyl (C=O) groups excluding carboxylic acids is 2. The smallest absolute Gasteiger partial charge is 0.374 e. The van der Waals surface area contributed by atoms with Gasteiger partial charge in [0.1, 0.15) is 5.58 Å². The third-order valence-corrected chi connectivity index (χ3v) is 4.89. The number of esters is 2. The van der Waals surface area contributed by atoms with Crippen LogP contribution in [0.1, 0.15) is 34.8 Å². The Labute approximate surface area is 144 Å². The summed E-state index contributed by atoms with van der Waals surface area (Å²) in [4.78, 5) is 23.6. The molecule has 0 radical (unpaired) electrons. The van der Waals surface area contributed by atoms with Crippen LogP contribution in [0.4, 0.5) is 0 Å². The van der Waals surface area contributed by atoms with Gasteiger partial charge in [0, 0.05) is 5.39 Å². The Hall–Kier alpha value is -2.15. The molecule has 136 valence electrons. The molecule has 0 aliphatic rings. The van der Waals surface area contributed by atoms with Crippen LogP contribution in [-0.4, -0.2) is 38.6 Å². The number of carbonyl (C=O) groups is 2. The number of methoxy groups -OCH3 is 1. The zero-order valence-electron chi connectivity index (χ0n) is 14.1. The van der Waals surface area contributed by atoms with Crippen molar-refractivity contribution in [2.24, 2.45) is 0 Å². The zero-order chi connectivity index (χ0) is 18.4. The molecule has 9 heteroatoms. The van der Waals surface area contributed by atoms with E-state index in [0.717, 1.165) is 0 Å². The highest BCUT2D eigenvalue weighted by Crippen LogP contribution is 2.48. The lowest BCUT2D eigenvalue weighted by Crippen LogP contribution is -2.09. The van der Waals surface area contributed by atoms with Crippen LogP contribution >= 0.6 is 7.60 Å². The molecule has 0 unspecified atom stereocenters. The molecule has 0 bridgehead atoms. The van der Waals surface area contributed by atoms with E-state index in [-0.39, 0.29) is 19.0 Å². The molecule has 1 heterocycles. The van der Waals surface area contributed by atoms with Crippen LogP contribution in [0, 0.1) is 0 Å². The highest BCUT2D eigenvalue weighted by molar-refractivity contribution is 7.53. The van der Waals surface area contributed by atoms with Gasteiger partial charge in [0.05, 0.1) is 25.9 Å². The summed E-state index contributed by atoms with van der Waals surface area (Å²) in [5, 5.41) is 0.535. The van der Waals surface area contributed by atoms with Crippen LogP contribution in [-0.2, 0) is 23.1 Å². The molecule has 0 amide bonds. The maximum absolute atomic E-state index is 12.3. The van der Waals surface area contributed by atoms with Crippen molar-refractivity contribution in [3.63, 3.8) is 0 Å². The molecule has 2 rings (SSSR count). The number of fused-ring (bicyclic) bond motifs is 1. The Kier molecular flexibility index (Phi) is 6.36. The second kappa shape index (κ2) is 8.29. The Morgan fingerprint density at radius 1 is 1.08 bits per heavy atom. The molecule has 1 aromatic carbocycles. The van der Waals surface area contributed by atoms with E-state index < -0.39 is 25.9 Å². The van der Waals surface area contributed by atoms with Gasteiger partial charge in [-0.2, -0.15) is 0 Å². The molecule has 0 N–H and O–H groups in total. The first kappa shape index (κ1) is 19.2. The van der Waals surface area contributed by atoms with E-state index >= 15 is 0 Å². The van der Waals surface area contributed by atoms with E-state index in [9.17, 15) is 14.2 Å². The highest BCUT2D eigenvalue weighted by Gasteiger charge is 2.27. The van der Waals surface area contributed by atoms with Crippen LogP contribution in [0.3, 0.4) is 0 Å². The lowest BCUT2D eigenvalue weighted by Gasteiger charge is -2.16. The largest absolute Gasteiger partial charge is 0.465 e. The van der Waals surface area contributed by atoms with Crippen LogP contribution in [0.2, 0.25) is 0 Å². The Bertz CT molecular complexity index is 800. The number of hydrogen-bond acceptors (Lipinski definition) is 8. The minimum atomic E-state index is -3.50.